The minimum Gasteiger partial charge on any atom is -0.286 e. The van der Waals surface area contributed by atoms with Crippen molar-refractivity contribution < 1.29 is 0 Å². The topological polar surface area (TPSA) is 28.7 Å². The van der Waals surface area contributed by atoms with E-state index in [-0.39, 0.29) is 0 Å². The molecule has 0 unspecified atom stereocenters. The zero-order valence-corrected chi connectivity index (χ0v) is 10.2. The van der Waals surface area contributed by atoms with Crippen molar-refractivity contribution in [3.05, 3.63) is 23.8 Å². The fraction of sp³-hybridized carbons (Fsp3) is 0.364. The smallest absolute Gasteiger partial charge is 0.101 e. The summed E-state index contributed by atoms with van der Waals surface area (Å²) in [5.41, 5.74) is 2.38. The molecule has 1 N–H and O–H groups in total. The van der Waals surface area contributed by atoms with Crippen molar-refractivity contribution in [1.82, 2.24) is 10.2 Å². The third-order valence-corrected chi connectivity index (χ3v) is 4.42. The molecule has 0 fully saturated rings. The highest BCUT2D eigenvalue weighted by Crippen LogP contribution is 2.16. The first kappa shape index (κ1) is 9.46. The lowest BCUT2D eigenvalue weighted by molar-refractivity contribution is 1.13. The number of hydrogen-bond acceptors (Lipinski definition) is 1. The second-order valence-electron chi connectivity index (χ2n) is 4.82. The quantitative estimate of drug-likeness (QED) is 0.710. The van der Waals surface area contributed by atoms with E-state index in [2.05, 4.69) is 55.0 Å². The van der Waals surface area contributed by atoms with Crippen LogP contribution in [0.3, 0.4) is 0 Å². The Bertz CT molecular complexity index is 466. The first-order valence-corrected chi connectivity index (χ1v) is 8.44. The Hall–Kier alpha value is -1.09. The molecule has 2 rings (SSSR count). The number of benzene rings is 1. The molecular weight excluding hydrogens is 188 g/mol. The Morgan fingerprint density at radius 2 is 1.93 bits per heavy atom. The summed E-state index contributed by atoms with van der Waals surface area (Å²) < 4.78 is 0. The molecule has 0 aliphatic heterocycles. The van der Waals surface area contributed by atoms with E-state index in [4.69, 9.17) is 0 Å². The predicted molar refractivity (Wildman–Crippen MR) is 63.8 cm³/mol. The van der Waals surface area contributed by atoms with Gasteiger partial charge < -0.3 is 0 Å². The second-order valence-corrected chi connectivity index (χ2v) is 9.82. The average Bonchev–Trinajstić information content (AvgIpc) is 2.47. The lowest BCUT2D eigenvalue weighted by atomic mass is 10.2. The van der Waals surface area contributed by atoms with E-state index >= 15 is 0 Å². The number of aromatic nitrogens is 2. The van der Waals surface area contributed by atoms with Crippen molar-refractivity contribution in [2.45, 2.75) is 26.6 Å². The van der Waals surface area contributed by atoms with Gasteiger partial charge in [-0.2, -0.15) is 5.10 Å². The Labute approximate surface area is 85.4 Å². The molecule has 0 spiro atoms. The Morgan fingerprint density at radius 1 is 1.21 bits per heavy atom. The monoisotopic (exact) mass is 204 g/mol. The highest BCUT2D eigenvalue weighted by molar-refractivity contribution is 6.89. The Kier molecular flexibility index (Phi) is 1.99. The van der Waals surface area contributed by atoms with Crippen LogP contribution in [0, 0.1) is 6.92 Å². The summed E-state index contributed by atoms with van der Waals surface area (Å²) in [4.78, 5) is 0. The number of H-pyrrole nitrogens is 1. The van der Waals surface area contributed by atoms with Crippen LogP contribution in [-0.4, -0.2) is 18.3 Å². The fourth-order valence-electron chi connectivity index (χ4n) is 1.75. The van der Waals surface area contributed by atoms with Crippen molar-refractivity contribution in [3.63, 3.8) is 0 Å². The first-order chi connectivity index (χ1) is 6.50. The first-order valence-electron chi connectivity index (χ1n) is 4.94. The number of fused-ring (bicyclic) bond motifs is 1. The van der Waals surface area contributed by atoms with E-state index in [1.807, 2.05) is 0 Å². The predicted octanol–water partition coefficient (Wildman–Crippen LogP) is 2.42. The maximum absolute atomic E-state index is 4.39. The van der Waals surface area contributed by atoms with Crippen LogP contribution >= 0.6 is 0 Å². The molecule has 2 aromatic rings. The molecule has 0 atom stereocenters. The SMILES string of the molecule is Cc1cccc2c([Si](C)(C)C)[nH]nc12. The third-order valence-electron chi connectivity index (χ3n) is 2.54. The number of aryl methyl sites for hydroxylation is 1. The lowest BCUT2D eigenvalue weighted by Crippen LogP contribution is -2.39. The summed E-state index contributed by atoms with van der Waals surface area (Å²) in [7, 11) is -1.29. The van der Waals surface area contributed by atoms with Gasteiger partial charge in [0.25, 0.3) is 0 Å². The van der Waals surface area contributed by atoms with Gasteiger partial charge in [-0.1, -0.05) is 37.8 Å². The van der Waals surface area contributed by atoms with E-state index in [1.165, 1.54) is 16.3 Å². The van der Waals surface area contributed by atoms with Gasteiger partial charge in [-0.05, 0) is 12.5 Å². The number of para-hydroxylation sites is 1. The minimum atomic E-state index is -1.29. The van der Waals surface area contributed by atoms with Crippen molar-refractivity contribution in [1.29, 1.82) is 0 Å². The van der Waals surface area contributed by atoms with Crippen molar-refractivity contribution in [2.75, 3.05) is 0 Å². The molecule has 0 bridgehead atoms. The molecule has 3 heteroatoms. The van der Waals surface area contributed by atoms with Gasteiger partial charge in [0.1, 0.15) is 8.07 Å². The highest BCUT2D eigenvalue weighted by Gasteiger charge is 2.21. The molecule has 14 heavy (non-hydrogen) atoms. The normalized spacial score (nSPS) is 12.3. The third kappa shape index (κ3) is 1.37. The molecular formula is C11H16N2Si. The van der Waals surface area contributed by atoms with Crippen LogP contribution in [0.1, 0.15) is 5.56 Å². The van der Waals surface area contributed by atoms with E-state index in [0.717, 1.165) is 5.52 Å². The molecule has 1 aromatic heterocycles. The van der Waals surface area contributed by atoms with Crippen molar-refractivity contribution in [2.24, 2.45) is 0 Å². The molecule has 1 heterocycles. The number of aromatic amines is 1. The maximum Gasteiger partial charge on any atom is 0.101 e. The van der Waals surface area contributed by atoms with Crippen LogP contribution in [0.25, 0.3) is 10.9 Å². The summed E-state index contributed by atoms with van der Waals surface area (Å²) in [6.07, 6.45) is 0. The molecule has 0 amide bonds. The molecule has 74 valence electrons. The van der Waals surface area contributed by atoms with Gasteiger partial charge in [-0.15, -0.1) is 0 Å². The van der Waals surface area contributed by atoms with Crippen LogP contribution < -0.4 is 5.32 Å². The number of hydrogen-bond donors (Lipinski definition) is 1. The van der Waals surface area contributed by atoms with Crippen LogP contribution in [0.15, 0.2) is 18.2 Å². The van der Waals surface area contributed by atoms with Gasteiger partial charge in [0.2, 0.25) is 0 Å². The minimum absolute atomic E-state index is 1.13. The number of nitrogens with one attached hydrogen (secondary N) is 1. The van der Waals surface area contributed by atoms with Crippen molar-refractivity contribution >= 4 is 24.3 Å². The van der Waals surface area contributed by atoms with E-state index < -0.39 is 8.07 Å². The fourth-order valence-corrected chi connectivity index (χ4v) is 3.15. The van der Waals surface area contributed by atoms with E-state index in [9.17, 15) is 0 Å². The molecule has 0 radical (unpaired) electrons. The lowest BCUT2D eigenvalue weighted by Gasteiger charge is -2.13. The zero-order chi connectivity index (χ0) is 10.3. The van der Waals surface area contributed by atoms with Crippen molar-refractivity contribution in [3.8, 4) is 0 Å². The summed E-state index contributed by atoms with van der Waals surface area (Å²) in [6, 6.07) is 6.38. The van der Waals surface area contributed by atoms with Crippen LogP contribution in [-0.2, 0) is 0 Å². The number of rotatable bonds is 1. The van der Waals surface area contributed by atoms with Crippen LogP contribution in [0.2, 0.25) is 19.6 Å². The van der Waals surface area contributed by atoms with Gasteiger partial charge in [-0.3, -0.25) is 5.10 Å². The van der Waals surface area contributed by atoms with Gasteiger partial charge >= 0.3 is 0 Å². The molecule has 2 nitrogen and oxygen atoms in total. The van der Waals surface area contributed by atoms with Gasteiger partial charge in [0.15, 0.2) is 0 Å². The molecule has 1 aromatic carbocycles. The van der Waals surface area contributed by atoms with E-state index in [1.54, 1.807) is 0 Å². The highest BCUT2D eigenvalue weighted by atomic mass is 28.3. The Balaban J connectivity index is 2.76. The van der Waals surface area contributed by atoms with Crippen LogP contribution in [0.4, 0.5) is 0 Å². The standard InChI is InChI=1S/C11H16N2Si/c1-8-6-5-7-9-10(8)12-13-11(9)14(2,3)4/h5-7H,1-4H3,(H,12,13). The largest absolute Gasteiger partial charge is 0.286 e. The van der Waals surface area contributed by atoms with Crippen LogP contribution in [0.5, 0.6) is 0 Å². The summed E-state index contributed by atoms with van der Waals surface area (Å²) in [5.74, 6) is 0. The van der Waals surface area contributed by atoms with Gasteiger partial charge in [0, 0.05) is 10.7 Å². The summed E-state index contributed by atoms with van der Waals surface area (Å²) in [5, 5.41) is 10.3. The molecule has 0 aliphatic rings. The van der Waals surface area contributed by atoms with Gasteiger partial charge in [-0.25, -0.2) is 0 Å². The summed E-state index contributed by atoms with van der Waals surface area (Å²) >= 11 is 0. The zero-order valence-electron chi connectivity index (χ0n) is 9.18. The van der Waals surface area contributed by atoms with E-state index in [0.29, 0.717) is 0 Å². The van der Waals surface area contributed by atoms with Gasteiger partial charge in [0.05, 0.1) is 5.52 Å². The Morgan fingerprint density at radius 3 is 2.57 bits per heavy atom. The summed E-state index contributed by atoms with van der Waals surface area (Å²) in [6.45, 7) is 9.12. The molecule has 0 saturated heterocycles. The molecule has 0 aliphatic carbocycles. The molecule has 0 saturated carbocycles. The number of nitrogens with zero attached hydrogens (tertiary/aromatic N) is 1. The average molecular weight is 204 g/mol. The second kappa shape index (κ2) is 2.95. The maximum atomic E-state index is 4.39.